The fourth-order valence-corrected chi connectivity index (χ4v) is 0. The van der Waals surface area contributed by atoms with Crippen LogP contribution in [0, 0.1) is 163 Å². The number of hydrogen-bond donors (Lipinski definition) is 0. The van der Waals surface area contributed by atoms with E-state index in [2.05, 4.69) is 0 Å². The standard InChI is InChI=1S/Ce.2Co.12HNO2.5Rb/c;;;12*2-1-3;;;;;/h;;;12*(H,2,3);;;;;/q+3;2*+2;;;;;;;;;;;;;5*+1/p-12. The Hall–Kier alpha value is 4.22. The minimum Gasteiger partial charge on any atom is -0.444 e. The van der Waals surface area contributed by atoms with E-state index in [4.69, 9.17) is 121 Å². The van der Waals surface area contributed by atoms with E-state index in [1.165, 1.54) is 0 Å². The van der Waals surface area contributed by atoms with Crippen LogP contribution in [0.4, 0.5) is 0 Å². The molecule has 44 heavy (non-hydrogen) atoms. The van der Waals surface area contributed by atoms with Crippen molar-refractivity contribution in [3.05, 3.63) is 121 Å². The molecule has 0 amide bonds. The van der Waals surface area contributed by atoms with E-state index in [1.807, 2.05) is 0 Å². The van der Waals surface area contributed by atoms with Gasteiger partial charge in [0.25, 0.3) is 0 Å². The Labute approximate surface area is 536 Å². The average molecular weight is 1240 g/mol. The SMILES string of the molecule is O=N[O-].O=N[O-].O=N[O-].O=N[O-].O=N[O-].O=N[O-].O=N[O-].O=N[O-].O=N[O-].O=N[O-].O=N[O-].O=N[O-].[Ce+3].[Co+2].[Co+2].[Rb+].[Rb+].[Rb+].[Rb+].[Rb+]. The van der Waals surface area contributed by atoms with Gasteiger partial charge in [-0.05, 0) is 0 Å². The first kappa shape index (κ1) is 135. The van der Waals surface area contributed by atoms with Crippen molar-refractivity contribution in [2.75, 3.05) is 0 Å². The zero-order valence-electron chi connectivity index (χ0n) is 21.3. The third kappa shape index (κ3) is 5320. The Bertz CT molecular complexity index is 293. The predicted molar refractivity (Wildman–Crippen MR) is 110 cm³/mol. The van der Waals surface area contributed by atoms with Crippen LogP contribution in [0.15, 0.2) is 64.1 Å². The summed E-state index contributed by atoms with van der Waals surface area (Å²) in [7, 11) is 0. The molecule has 0 aromatic carbocycles. The van der Waals surface area contributed by atoms with Gasteiger partial charge in [0.2, 0.25) is 0 Å². The van der Waals surface area contributed by atoms with Crippen molar-refractivity contribution >= 4 is 0 Å². The molecule has 0 saturated carbocycles. The third-order valence-electron chi connectivity index (χ3n) is 0. The summed E-state index contributed by atoms with van der Waals surface area (Å²) >= 11 is 0. The summed E-state index contributed by atoms with van der Waals surface area (Å²) in [5.74, 6) is 0. The van der Waals surface area contributed by atoms with Gasteiger partial charge in [-0.2, -0.15) is 0 Å². The second-order valence-electron chi connectivity index (χ2n) is 0.894. The van der Waals surface area contributed by atoms with Crippen LogP contribution < -0.4 is 291 Å². The van der Waals surface area contributed by atoms with E-state index in [0.717, 1.165) is 64.1 Å². The molecule has 0 aliphatic carbocycles. The zero-order chi connectivity index (χ0) is 32.5. The van der Waals surface area contributed by atoms with Gasteiger partial charge in [0.15, 0.2) is 0 Å². The quantitative estimate of drug-likeness (QED) is 0.160. The second kappa shape index (κ2) is 384. The summed E-state index contributed by atoms with van der Waals surface area (Å²) in [4.78, 5) is 96.0. The molecule has 0 fully saturated rings. The smallest absolute Gasteiger partial charge is 0.444 e. The van der Waals surface area contributed by atoms with E-state index < -0.39 is 0 Å². The maximum absolute atomic E-state index is 8.00. The Morgan fingerprint density at radius 3 is 0.205 bits per heavy atom. The molecule has 0 atom stereocenters. The van der Waals surface area contributed by atoms with E-state index in [-0.39, 0.29) is 366 Å². The number of hydrogen-bond acceptors (Lipinski definition) is 36. The summed E-state index contributed by atoms with van der Waals surface area (Å²) in [5.41, 5.74) is 0. The summed E-state index contributed by atoms with van der Waals surface area (Å²) in [6.45, 7) is 0. The Balaban J connectivity index is -0.00000000780. The molecule has 0 aromatic rings. The van der Waals surface area contributed by atoms with E-state index in [9.17, 15) is 0 Å². The van der Waals surface area contributed by atoms with Crippen LogP contribution >= 0.6 is 0 Å². The maximum atomic E-state index is 8.00. The van der Waals surface area contributed by atoms with Crippen LogP contribution in [0.3, 0.4) is 0 Å². The van der Waals surface area contributed by atoms with Gasteiger partial charge in [-0.3, -0.25) is 0 Å². The third-order valence-corrected chi connectivity index (χ3v) is 0. The largest absolute Gasteiger partial charge is 3.00 e. The Morgan fingerprint density at radius 2 is 0.205 bits per heavy atom. The first-order chi connectivity index (χ1) is 17.0. The van der Waals surface area contributed by atoms with Gasteiger partial charge in [-0.25, -0.2) is 0 Å². The van der Waals surface area contributed by atoms with E-state index in [0.29, 0.717) is 0 Å². The normalized spacial score (nSPS) is 3.27. The molecule has 0 aliphatic heterocycles. The van der Waals surface area contributed by atoms with Crippen LogP contribution in [0.2, 0.25) is 0 Å². The molecular weight excluding hydrogens is 1240 g/mol. The first-order valence-corrected chi connectivity index (χ1v) is 4.38. The van der Waals surface area contributed by atoms with Crippen molar-refractivity contribution in [2.24, 2.45) is 64.1 Å². The molecule has 3 radical (unpaired) electrons. The maximum Gasteiger partial charge on any atom is 3.00 e. The zero-order valence-corrected chi connectivity index (χ0v) is 51.1. The topological polar surface area (TPSA) is 630 Å². The van der Waals surface area contributed by atoms with Crippen molar-refractivity contribution in [1.29, 1.82) is 0 Å². The minimum absolute atomic E-state index is 0. The van der Waals surface area contributed by atoms with Crippen LogP contribution in [-0.4, -0.2) is 0 Å². The van der Waals surface area contributed by atoms with Crippen molar-refractivity contribution in [3.8, 4) is 0 Å². The number of nitrogens with zero attached hydrogens (tertiary/aromatic N) is 12. The van der Waals surface area contributed by atoms with E-state index >= 15 is 0 Å². The average Bonchev–Trinajstić information content (AvgIpc) is 2.75. The molecule has 0 heterocycles. The summed E-state index contributed by atoms with van der Waals surface area (Å²) in [6, 6.07) is 0. The van der Waals surface area contributed by atoms with Gasteiger partial charge in [-0.1, -0.05) is 0 Å². The van der Waals surface area contributed by atoms with Gasteiger partial charge < -0.3 is 121 Å². The Kier molecular flexibility index (Phi) is 1180. The van der Waals surface area contributed by atoms with Crippen LogP contribution in [0.5, 0.6) is 0 Å². The minimum atomic E-state index is 0. The molecule has 0 rings (SSSR count). The van der Waals surface area contributed by atoms with Gasteiger partial charge in [0.1, 0.15) is 0 Å². The van der Waals surface area contributed by atoms with Crippen LogP contribution in [0.25, 0.3) is 0 Å². The molecule has 231 valence electrons. The van der Waals surface area contributed by atoms with Gasteiger partial charge in [0.05, 0.1) is 0 Å². The summed E-state index contributed by atoms with van der Waals surface area (Å²) in [6.07, 6.45) is 0. The molecule has 36 nitrogen and oxygen atoms in total. The molecule has 44 heteroatoms. The van der Waals surface area contributed by atoms with Crippen LogP contribution in [0.1, 0.15) is 0 Å². The fourth-order valence-electron chi connectivity index (χ4n) is 0. The van der Waals surface area contributed by atoms with Crippen molar-refractivity contribution in [3.63, 3.8) is 0 Å². The molecule has 0 saturated heterocycles. The summed E-state index contributed by atoms with van der Waals surface area (Å²) < 4.78 is 0. The van der Waals surface area contributed by atoms with Gasteiger partial charge in [-0.15, -0.1) is 64.1 Å². The molecule has 0 N–H and O–H groups in total. The summed E-state index contributed by atoms with van der Waals surface area (Å²) in [5, 5.41) is 108. The van der Waals surface area contributed by atoms with Crippen molar-refractivity contribution in [1.82, 2.24) is 0 Å². The van der Waals surface area contributed by atoms with Gasteiger partial charge >= 0.3 is 366 Å². The van der Waals surface area contributed by atoms with Gasteiger partial charge in [0, 0.05) is 0 Å². The Morgan fingerprint density at radius 1 is 0.205 bits per heavy atom. The molecule has 0 unspecified atom stereocenters. The van der Waals surface area contributed by atoms with Crippen molar-refractivity contribution in [2.45, 2.75) is 0 Å². The molecule has 0 bridgehead atoms. The molecular formula is CeCo2N12O24Rb5. The molecule has 0 aromatic heterocycles. The van der Waals surface area contributed by atoms with Crippen LogP contribution in [-0.2, 0) is 33.6 Å². The first-order valence-electron chi connectivity index (χ1n) is 4.38. The number of rotatable bonds is 0. The fraction of sp³-hybridized carbons (Fsp3) is 0. The van der Waals surface area contributed by atoms with E-state index in [1.54, 1.807) is 0 Å². The monoisotopic (exact) mass is 1230 g/mol. The second-order valence-corrected chi connectivity index (χ2v) is 0.894. The predicted octanol–water partition coefficient (Wildman–Crippen LogP) is -12.0. The van der Waals surface area contributed by atoms with Crippen molar-refractivity contribution < 1.29 is 366 Å². The molecule has 0 spiro atoms. The molecule has 0 aliphatic rings.